The average molecular weight is 513 g/mol. The highest BCUT2D eigenvalue weighted by molar-refractivity contribution is 5.99. The van der Waals surface area contributed by atoms with Crippen LogP contribution >= 0.6 is 0 Å². The minimum Gasteiger partial charge on any atom is -0.504 e. The molecule has 38 heavy (non-hydrogen) atoms. The predicted molar refractivity (Wildman–Crippen MR) is 142 cm³/mol. The van der Waals surface area contributed by atoms with Crippen LogP contribution in [-0.2, 0) is 20.7 Å². The maximum atomic E-state index is 12.8. The van der Waals surface area contributed by atoms with E-state index in [0.29, 0.717) is 22.3 Å². The molecule has 0 radical (unpaired) electrons. The fraction of sp³-hybridized carbons (Fsp3) is 0.103. The minimum absolute atomic E-state index is 0.0969. The van der Waals surface area contributed by atoms with E-state index in [1.54, 1.807) is 30.5 Å². The zero-order valence-corrected chi connectivity index (χ0v) is 20.3. The largest absolute Gasteiger partial charge is 0.504 e. The lowest BCUT2D eigenvalue weighted by Crippen LogP contribution is -2.42. The second kappa shape index (κ2) is 10.1. The number of fused-ring (bicyclic) bond motifs is 2. The van der Waals surface area contributed by atoms with Crippen molar-refractivity contribution in [3.05, 3.63) is 84.1 Å². The van der Waals surface area contributed by atoms with Crippen LogP contribution in [0.3, 0.4) is 0 Å². The van der Waals surface area contributed by atoms with Gasteiger partial charge in [0, 0.05) is 40.5 Å². The van der Waals surface area contributed by atoms with Crippen molar-refractivity contribution < 1.29 is 34.1 Å². The van der Waals surface area contributed by atoms with Crippen LogP contribution in [0.15, 0.2) is 77.4 Å². The van der Waals surface area contributed by atoms with Gasteiger partial charge in [-0.15, -0.1) is 0 Å². The Labute approximate surface area is 216 Å². The number of rotatable bonds is 7. The topological polar surface area (TPSA) is 145 Å². The third-order valence-electron chi connectivity index (χ3n) is 6.27. The van der Waals surface area contributed by atoms with Gasteiger partial charge in [-0.25, -0.2) is 4.79 Å². The molecule has 0 fully saturated rings. The molecular weight excluding hydrogens is 488 g/mol. The molecule has 2 aromatic heterocycles. The molecule has 0 spiro atoms. The summed E-state index contributed by atoms with van der Waals surface area (Å²) in [7, 11) is 1.27. The smallest absolute Gasteiger partial charge is 0.328 e. The minimum atomic E-state index is -0.904. The number of ether oxygens (including phenoxy) is 1. The van der Waals surface area contributed by atoms with Crippen LogP contribution < -0.4 is 5.32 Å². The average Bonchev–Trinajstić information content (AvgIpc) is 3.55. The normalized spacial score (nSPS) is 12.2. The van der Waals surface area contributed by atoms with Crippen molar-refractivity contribution in [2.75, 3.05) is 7.11 Å². The van der Waals surface area contributed by atoms with Crippen molar-refractivity contribution in [2.45, 2.75) is 12.5 Å². The molecule has 1 amide bonds. The number of benzene rings is 3. The number of carbonyl (C=O) groups excluding carboxylic acids is 2. The number of aromatic nitrogens is 1. The SMILES string of the molecule is COC(=O)C(Cc1c[nH]c2ccccc12)NC(=O)/C=C/c1ccc(O)c2oc(-c3ccc(O)c(O)c3)cc12. The molecule has 2 heterocycles. The standard InChI is InChI=1S/C29H24N2O7/c1-37-29(36)22(12-18-15-30-21-5-3-2-4-19(18)21)31-27(35)11-8-16-6-10-24(33)28-20(16)14-26(38-28)17-7-9-23(32)25(34)13-17/h2-11,13-15,22,30,32-34H,12H2,1H3,(H,31,35)/b11-8+. The van der Waals surface area contributed by atoms with Crippen molar-refractivity contribution in [1.29, 1.82) is 0 Å². The first-order valence-electron chi connectivity index (χ1n) is 11.7. The van der Waals surface area contributed by atoms with Gasteiger partial charge >= 0.3 is 5.97 Å². The third-order valence-corrected chi connectivity index (χ3v) is 6.27. The number of phenolic OH excluding ortho intramolecular Hbond substituents is 3. The lowest BCUT2D eigenvalue weighted by molar-refractivity contribution is -0.144. The molecule has 5 aromatic rings. The monoisotopic (exact) mass is 512 g/mol. The third kappa shape index (κ3) is 4.77. The highest BCUT2D eigenvalue weighted by atomic mass is 16.5. The van der Waals surface area contributed by atoms with Gasteiger partial charge < -0.3 is 34.8 Å². The fourth-order valence-corrected chi connectivity index (χ4v) is 4.34. The Morgan fingerprint density at radius 1 is 1.00 bits per heavy atom. The summed E-state index contributed by atoms with van der Waals surface area (Å²) in [6.07, 6.45) is 4.88. The number of amides is 1. The number of methoxy groups -OCH3 is 1. The van der Waals surface area contributed by atoms with Crippen molar-refractivity contribution in [1.82, 2.24) is 10.3 Å². The van der Waals surface area contributed by atoms with Crippen molar-refractivity contribution in [3.8, 4) is 28.6 Å². The zero-order valence-electron chi connectivity index (χ0n) is 20.3. The van der Waals surface area contributed by atoms with E-state index in [2.05, 4.69) is 10.3 Å². The number of carbonyl (C=O) groups is 2. The number of phenols is 3. The highest BCUT2D eigenvalue weighted by Crippen LogP contribution is 2.37. The Morgan fingerprint density at radius 3 is 2.58 bits per heavy atom. The number of aromatic amines is 1. The molecule has 0 aliphatic heterocycles. The Kier molecular flexibility index (Phi) is 6.49. The van der Waals surface area contributed by atoms with Crippen LogP contribution in [-0.4, -0.2) is 45.3 Å². The van der Waals surface area contributed by atoms with E-state index < -0.39 is 17.9 Å². The molecule has 0 saturated heterocycles. The van der Waals surface area contributed by atoms with Crippen LogP contribution in [0.5, 0.6) is 17.2 Å². The van der Waals surface area contributed by atoms with Crippen LogP contribution in [0.25, 0.3) is 39.3 Å². The van der Waals surface area contributed by atoms with E-state index in [-0.39, 0.29) is 29.3 Å². The summed E-state index contributed by atoms with van der Waals surface area (Å²) in [5.74, 6) is -1.40. The Hall–Kier alpha value is -5.18. The van der Waals surface area contributed by atoms with Gasteiger partial charge in [-0.2, -0.15) is 0 Å². The molecule has 192 valence electrons. The number of hydrogen-bond donors (Lipinski definition) is 5. The zero-order chi connectivity index (χ0) is 26.8. The van der Waals surface area contributed by atoms with Crippen molar-refractivity contribution in [3.63, 3.8) is 0 Å². The van der Waals surface area contributed by atoms with Crippen LogP contribution in [0, 0.1) is 0 Å². The van der Waals surface area contributed by atoms with Gasteiger partial charge in [0.15, 0.2) is 22.8 Å². The molecule has 9 heteroatoms. The fourth-order valence-electron chi connectivity index (χ4n) is 4.34. The van der Waals surface area contributed by atoms with E-state index >= 15 is 0 Å². The van der Waals surface area contributed by atoms with Crippen LogP contribution in [0.4, 0.5) is 0 Å². The highest BCUT2D eigenvalue weighted by Gasteiger charge is 2.23. The predicted octanol–water partition coefficient (Wildman–Crippen LogP) is 4.61. The van der Waals surface area contributed by atoms with Gasteiger partial charge in [0.2, 0.25) is 5.91 Å². The summed E-state index contributed by atoms with van der Waals surface area (Å²) >= 11 is 0. The number of furan rings is 1. The number of hydrogen-bond acceptors (Lipinski definition) is 7. The van der Waals surface area contributed by atoms with E-state index in [4.69, 9.17) is 9.15 Å². The van der Waals surface area contributed by atoms with E-state index in [9.17, 15) is 24.9 Å². The summed E-state index contributed by atoms with van der Waals surface area (Å²) in [6.45, 7) is 0. The molecule has 9 nitrogen and oxygen atoms in total. The first kappa shape index (κ1) is 24.5. The second-order valence-corrected chi connectivity index (χ2v) is 8.71. The number of H-pyrrole nitrogens is 1. The van der Waals surface area contributed by atoms with Gasteiger partial charge in [0.25, 0.3) is 0 Å². The summed E-state index contributed by atoms with van der Waals surface area (Å²) in [6, 6.07) is 15.7. The lowest BCUT2D eigenvalue weighted by Gasteiger charge is -2.15. The van der Waals surface area contributed by atoms with Crippen LogP contribution in [0.2, 0.25) is 0 Å². The summed E-state index contributed by atoms with van der Waals surface area (Å²) in [5.41, 5.74) is 3.06. The number of para-hydroxylation sites is 1. The first-order chi connectivity index (χ1) is 18.3. The van der Waals surface area contributed by atoms with E-state index in [1.807, 2.05) is 24.3 Å². The Bertz CT molecular complexity index is 1700. The maximum Gasteiger partial charge on any atom is 0.328 e. The second-order valence-electron chi connectivity index (χ2n) is 8.71. The molecule has 1 unspecified atom stereocenters. The van der Waals surface area contributed by atoms with Gasteiger partial charge in [0.1, 0.15) is 11.8 Å². The quantitative estimate of drug-likeness (QED) is 0.122. The summed E-state index contributed by atoms with van der Waals surface area (Å²) in [5, 5.41) is 33.9. The van der Waals surface area contributed by atoms with E-state index in [0.717, 1.165) is 16.5 Å². The first-order valence-corrected chi connectivity index (χ1v) is 11.7. The molecule has 0 aliphatic carbocycles. The van der Waals surface area contributed by atoms with Gasteiger partial charge in [0.05, 0.1) is 7.11 Å². The molecule has 5 N–H and O–H groups in total. The Morgan fingerprint density at radius 2 is 1.79 bits per heavy atom. The Balaban J connectivity index is 1.38. The van der Waals surface area contributed by atoms with Crippen LogP contribution in [0.1, 0.15) is 11.1 Å². The summed E-state index contributed by atoms with van der Waals surface area (Å²) in [4.78, 5) is 28.4. The van der Waals surface area contributed by atoms with Gasteiger partial charge in [-0.3, -0.25) is 4.79 Å². The van der Waals surface area contributed by atoms with Crippen molar-refractivity contribution >= 4 is 39.8 Å². The van der Waals surface area contributed by atoms with Gasteiger partial charge in [-0.1, -0.05) is 24.3 Å². The maximum absolute atomic E-state index is 12.8. The molecule has 0 aliphatic rings. The lowest BCUT2D eigenvalue weighted by atomic mass is 10.0. The number of aromatic hydroxyl groups is 3. The summed E-state index contributed by atoms with van der Waals surface area (Å²) < 4.78 is 10.7. The molecule has 0 saturated carbocycles. The number of esters is 1. The molecule has 5 rings (SSSR count). The molecule has 3 aromatic carbocycles. The molecular formula is C29H24N2O7. The van der Waals surface area contributed by atoms with Gasteiger partial charge in [-0.05, 0) is 53.6 Å². The number of nitrogens with one attached hydrogen (secondary N) is 2. The van der Waals surface area contributed by atoms with Crippen molar-refractivity contribution in [2.24, 2.45) is 0 Å². The molecule has 1 atom stereocenters. The molecule has 0 bridgehead atoms. The van der Waals surface area contributed by atoms with E-state index in [1.165, 1.54) is 31.4 Å².